The number of ether oxygens (including phenoxy) is 1. The molecular formula is C17H23FN4O. The molecule has 1 saturated heterocycles. The summed E-state index contributed by atoms with van der Waals surface area (Å²) in [7, 11) is 1.73. The Balaban J connectivity index is 1.85. The van der Waals surface area contributed by atoms with E-state index in [2.05, 4.69) is 26.7 Å². The van der Waals surface area contributed by atoms with E-state index in [-0.39, 0.29) is 5.82 Å². The van der Waals surface area contributed by atoms with Crippen LogP contribution in [0.1, 0.15) is 13.3 Å². The number of fused-ring (bicyclic) bond motifs is 1. The highest BCUT2D eigenvalue weighted by molar-refractivity contribution is 5.89. The van der Waals surface area contributed by atoms with Gasteiger partial charge in [0.1, 0.15) is 23.5 Å². The molecule has 1 aromatic heterocycles. The predicted octanol–water partition coefficient (Wildman–Crippen LogP) is 2.32. The van der Waals surface area contributed by atoms with Crippen molar-refractivity contribution in [1.29, 1.82) is 0 Å². The molecule has 0 radical (unpaired) electrons. The number of hydrogen-bond acceptors (Lipinski definition) is 5. The zero-order chi connectivity index (χ0) is 16.2. The Bertz CT molecular complexity index is 666. The molecule has 2 heterocycles. The van der Waals surface area contributed by atoms with Gasteiger partial charge in [0.05, 0.1) is 6.61 Å². The van der Waals surface area contributed by atoms with Gasteiger partial charge in [-0.25, -0.2) is 14.4 Å². The van der Waals surface area contributed by atoms with Crippen molar-refractivity contribution in [1.82, 2.24) is 14.9 Å². The molecule has 1 aromatic carbocycles. The molecule has 3 rings (SSSR count). The number of anilines is 1. The monoisotopic (exact) mass is 318 g/mol. The predicted molar refractivity (Wildman–Crippen MR) is 89.2 cm³/mol. The zero-order valence-corrected chi connectivity index (χ0v) is 13.7. The molecular weight excluding hydrogens is 295 g/mol. The van der Waals surface area contributed by atoms with Crippen molar-refractivity contribution < 1.29 is 9.13 Å². The SMILES string of the molecule is CCC1CN(c2ncnc3c(F)cccc23)CCN1CCOC. The maximum atomic E-state index is 13.9. The summed E-state index contributed by atoms with van der Waals surface area (Å²) >= 11 is 0. The molecule has 23 heavy (non-hydrogen) atoms. The van der Waals surface area contributed by atoms with Crippen LogP contribution in [-0.2, 0) is 4.74 Å². The highest BCUT2D eigenvalue weighted by Crippen LogP contribution is 2.26. The topological polar surface area (TPSA) is 41.5 Å². The fraction of sp³-hybridized carbons (Fsp3) is 0.529. The number of para-hydroxylation sites is 1. The number of hydrogen-bond donors (Lipinski definition) is 0. The minimum Gasteiger partial charge on any atom is -0.383 e. The third-order valence-electron chi connectivity index (χ3n) is 4.55. The maximum Gasteiger partial charge on any atom is 0.149 e. The van der Waals surface area contributed by atoms with Gasteiger partial charge < -0.3 is 9.64 Å². The van der Waals surface area contributed by atoms with E-state index in [0.29, 0.717) is 11.6 Å². The third kappa shape index (κ3) is 3.28. The lowest BCUT2D eigenvalue weighted by Gasteiger charge is -2.41. The van der Waals surface area contributed by atoms with E-state index in [9.17, 15) is 4.39 Å². The number of piperazine rings is 1. The summed E-state index contributed by atoms with van der Waals surface area (Å²) in [6, 6.07) is 5.51. The normalized spacial score (nSPS) is 19.4. The van der Waals surface area contributed by atoms with Gasteiger partial charge in [-0.3, -0.25) is 4.90 Å². The van der Waals surface area contributed by atoms with Gasteiger partial charge in [-0.1, -0.05) is 13.0 Å². The van der Waals surface area contributed by atoms with E-state index < -0.39 is 0 Å². The summed E-state index contributed by atoms with van der Waals surface area (Å²) in [6.07, 6.45) is 2.52. The summed E-state index contributed by atoms with van der Waals surface area (Å²) in [5.74, 6) is 0.538. The van der Waals surface area contributed by atoms with Gasteiger partial charge in [0.2, 0.25) is 0 Å². The van der Waals surface area contributed by atoms with Crippen molar-refractivity contribution >= 4 is 16.7 Å². The van der Waals surface area contributed by atoms with Gasteiger partial charge >= 0.3 is 0 Å². The van der Waals surface area contributed by atoms with Crippen LogP contribution in [-0.4, -0.2) is 60.8 Å². The summed E-state index contributed by atoms with van der Waals surface area (Å²) in [4.78, 5) is 13.2. The van der Waals surface area contributed by atoms with Crippen molar-refractivity contribution in [2.45, 2.75) is 19.4 Å². The number of rotatable bonds is 5. The van der Waals surface area contributed by atoms with E-state index in [0.717, 1.165) is 50.4 Å². The second-order valence-corrected chi connectivity index (χ2v) is 5.87. The Morgan fingerprint density at radius 1 is 1.30 bits per heavy atom. The molecule has 0 aliphatic carbocycles. The van der Waals surface area contributed by atoms with Gasteiger partial charge in [0.15, 0.2) is 0 Å². The Labute approximate surface area is 136 Å². The lowest BCUT2D eigenvalue weighted by atomic mass is 10.1. The van der Waals surface area contributed by atoms with Gasteiger partial charge in [0.25, 0.3) is 0 Å². The highest BCUT2D eigenvalue weighted by atomic mass is 19.1. The lowest BCUT2D eigenvalue weighted by molar-refractivity contribution is 0.109. The van der Waals surface area contributed by atoms with Crippen LogP contribution in [0.25, 0.3) is 10.9 Å². The van der Waals surface area contributed by atoms with Crippen molar-refractivity contribution in [2.75, 3.05) is 44.8 Å². The molecule has 1 fully saturated rings. The van der Waals surface area contributed by atoms with Crippen LogP contribution in [0.2, 0.25) is 0 Å². The Morgan fingerprint density at radius 3 is 2.96 bits per heavy atom. The average molecular weight is 318 g/mol. The molecule has 0 N–H and O–H groups in total. The quantitative estimate of drug-likeness (QED) is 0.846. The van der Waals surface area contributed by atoms with E-state index in [1.807, 2.05) is 6.07 Å². The first kappa shape index (κ1) is 16.1. The second-order valence-electron chi connectivity index (χ2n) is 5.87. The molecule has 0 saturated carbocycles. The number of benzene rings is 1. The average Bonchev–Trinajstić information content (AvgIpc) is 2.60. The van der Waals surface area contributed by atoms with Crippen LogP contribution in [0.15, 0.2) is 24.5 Å². The first-order valence-electron chi connectivity index (χ1n) is 8.11. The molecule has 1 aliphatic heterocycles. The van der Waals surface area contributed by atoms with Crippen molar-refractivity contribution in [3.05, 3.63) is 30.3 Å². The summed E-state index contributed by atoms with van der Waals surface area (Å²) in [5.41, 5.74) is 0.396. The van der Waals surface area contributed by atoms with Crippen LogP contribution in [0, 0.1) is 5.82 Å². The Hall–Kier alpha value is -1.79. The number of aromatic nitrogens is 2. The lowest BCUT2D eigenvalue weighted by Crippen LogP contribution is -2.54. The van der Waals surface area contributed by atoms with Gasteiger partial charge in [0, 0.05) is 44.7 Å². The third-order valence-corrected chi connectivity index (χ3v) is 4.55. The van der Waals surface area contributed by atoms with E-state index in [1.165, 1.54) is 12.4 Å². The molecule has 2 aromatic rings. The molecule has 1 aliphatic rings. The Morgan fingerprint density at radius 2 is 2.17 bits per heavy atom. The van der Waals surface area contributed by atoms with Gasteiger partial charge in [-0.15, -0.1) is 0 Å². The van der Waals surface area contributed by atoms with Crippen molar-refractivity contribution in [3.63, 3.8) is 0 Å². The van der Waals surface area contributed by atoms with E-state index >= 15 is 0 Å². The van der Waals surface area contributed by atoms with Crippen LogP contribution in [0.5, 0.6) is 0 Å². The molecule has 124 valence electrons. The van der Waals surface area contributed by atoms with E-state index in [4.69, 9.17) is 4.74 Å². The minimum absolute atomic E-state index is 0.295. The number of nitrogens with zero attached hydrogens (tertiary/aromatic N) is 4. The van der Waals surface area contributed by atoms with Crippen LogP contribution >= 0.6 is 0 Å². The van der Waals surface area contributed by atoms with Crippen LogP contribution in [0.3, 0.4) is 0 Å². The van der Waals surface area contributed by atoms with Crippen molar-refractivity contribution in [2.24, 2.45) is 0 Å². The van der Waals surface area contributed by atoms with Crippen molar-refractivity contribution in [3.8, 4) is 0 Å². The largest absolute Gasteiger partial charge is 0.383 e. The number of halogens is 1. The van der Waals surface area contributed by atoms with Gasteiger partial charge in [-0.2, -0.15) is 0 Å². The Kier molecular flexibility index (Phi) is 5.03. The van der Waals surface area contributed by atoms with Crippen LogP contribution < -0.4 is 4.90 Å². The maximum absolute atomic E-state index is 13.9. The molecule has 5 nitrogen and oxygen atoms in total. The fourth-order valence-corrected chi connectivity index (χ4v) is 3.27. The first-order valence-corrected chi connectivity index (χ1v) is 8.11. The molecule has 1 atom stereocenters. The van der Waals surface area contributed by atoms with Gasteiger partial charge in [-0.05, 0) is 18.6 Å². The molecule has 0 bridgehead atoms. The van der Waals surface area contributed by atoms with Crippen LogP contribution in [0.4, 0.5) is 10.2 Å². The molecule has 0 amide bonds. The molecule has 0 spiro atoms. The second kappa shape index (κ2) is 7.19. The summed E-state index contributed by atoms with van der Waals surface area (Å²) < 4.78 is 19.1. The summed E-state index contributed by atoms with van der Waals surface area (Å²) in [6.45, 7) is 6.63. The standard InChI is InChI=1S/C17H23FN4O/c1-3-13-11-22(8-7-21(13)9-10-23-2)17-14-5-4-6-15(18)16(14)19-12-20-17/h4-6,12-13H,3,7-11H2,1-2H3. The highest BCUT2D eigenvalue weighted by Gasteiger charge is 2.27. The summed E-state index contributed by atoms with van der Waals surface area (Å²) in [5, 5.41) is 0.785. The minimum atomic E-state index is -0.295. The zero-order valence-electron chi connectivity index (χ0n) is 13.7. The van der Waals surface area contributed by atoms with E-state index in [1.54, 1.807) is 13.2 Å². The smallest absolute Gasteiger partial charge is 0.149 e. The number of methoxy groups -OCH3 is 1. The first-order chi connectivity index (χ1) is 11.2. The molecule has 6 heteroatoms. The fourth-order valence-electron chi connectivity index (χ4n) is 3.27. The molecule has 1 unspecified atom stereocenters.